The summed E-state index contributed by atoms with van der Waals surface area (Å²) in [6.45, 7) is -0.1000. The van der Waals surface area contributed by atoms with Gasteiger partial charge < -0.3 is 15.0 Å². The average molecular weight is 415 g/mol. The predicted octanol–water partition coefficient (Wildman–Crippen LogP) is 1.96. The van der Waals surface area contributed by atoms with Gasteiger partial charge >= 0.3 is 0 Å². The van der Waals surface area contributed by atoms with E-state index in [1.807, 2.05) is 24.3 Å². The standard InChI is InChI=1S/C19H19ClN6O3/c1-25(11-18(27)22-16-10-14(20)5-8-17(16)29-2)19(28)9-13-3-6-15(7-4-13)26-12-21-23-24-26/h3-8,10,12H,9,11H2,1-2H3,(H,22,27). The fraction of sp³-hybridized carbons (Fsp3) is 0.211. The largest absolute Gasteiger partial charge is 0.495 e. The van der Waals surface area contributed by atoms with Crippen molar-refractivity contribution < 1.29 is 14.3 Å². The number of nitrogens with zero attached hydrogens (tertiary/aromatic N) is 5. The number of hydrogen-bond acceptors (Lipinski definition) is 6. The van der Waals surface area contributed by atoms with E-state index in [-0.39, 0.29) is 24.8 Å². The topological polar surface area (TPSA) is 102 Å². The molecule has 3 aromatic rings. The van der Waals surface area contributed by atoms with Crippen molar-refractivity contribution in [2.24, 2.45) is 0 Å². The molecule has 0 aliphatic rings. The molecule has 9 nitrogen and oxygen atoms in total. The zero-order valence-electron chi connectivity index (χ0n) is 15.9. The van der Waals surface area contributed by atoms with E-state index in [0.29, 0.717) is 16.5 Å². The van der Waals surface area contributed by atoms with Gasteiger partial charge in [0.2, 0.25) is 11.8 Å². The Labute approximate surface area is 172 Å². The summed E-state index contributed by atoms with van der Waals surface area (Å²) in [5.41, 5.74) is 2.05. The number of ether oxygens (including phenoxy) is 1. The van der Waals surface area contributed by atoms with Crippen molar-refractivity contribution in [1.82, 2.24) is 25.1 Å². The van der Waals surface area contributed by atoms with Crippen LogP contribution in [0.5, 0.6) is 5.75 Å². The molecule has 3 rings (SSSR count). The van der Waals surface area contributed by atoms with Crippen molar-refractivity contribution in [3.05, 3.63) is 59.4 Å². The molecule has 0 saturated carbocycles. The second-order valence-corrected chi connectivity index (χ2v) is 6.68. The molecule has 10 heteroatoms. The van der Waals surface area contributed by atoms with Crippen LogP contribution in [0.2, 0.25) is 5.02 Å². The van der Waals surface area contributed by atoms with Crippen molar-refractivity contribution in [2.75, 3.05) is 26.0 Å². The molecular weight excluding hydrogens is 396 g/mol. The van der Waals surface area contributed by atoms with Crippen molar-refractivity contribution in [2.45, 2.75) is 6.42 Å². The van der Waals surface area contributed by atoms with E-state index in [2.05, 4.69) is 20.8 Å². The number of carbonyl (C=O) groups is 2. The first-order valence-electron chi connectivity index (χ1n) is 8.66. The van der Waals surface area contributed by atoms with Gasteiger partial charge in [0.15, 0.2) is 0 Å². The Bertz CT molecular complexity index is 992. The van der Waals surface area contributed by atoms with Gasteiger partial charge in [-0.25, -0.2) is 4.68 Å². The van der Waals surface area contributed by atoms with Gasteiger partial charge in [-0.3, -0.25) is 9.59 Å². The van der Waals surface area contributed by atoms with Crippen LogP contribution in [0.25, 0.3) is 5.69 Å². The van der Waals surface area contributed by atoms with E-state index in [1.54, 1.807) is 25.2 Å². The third kappa shape index (κ3) is 5.29. The SMILES string of the molecule is COc1ccc(Cl)cc1NC(=O)CN(C)C(=O)Cc1ccc(-n2cnnn2)cc1. The number of halogens is 1. The van der Waals surface area contributed by atoms with Crippen LogP contribution in [0.1, 0.15) is 5.56 Å². The van der Waals surface area contributed by atoms with Crippen molar-refractivity contribution in [1.29, 1.82) is 0 Å². The highest BCUT2D eigenvalue weighted by molar-refractivity contribution is 6.31. The van der Waals surface area contributed by atoms with E-state index >= 15 is 0 Å². The Hall–Kier alpha value is -3.46. The first-order valence-corrected chi connectivity index (χ1v) is 9.03. The number of aromatic nitrogens is 4. The number of benzene rings is 2. The first kappa shape index (κ1) is 20.3. The minimum absolute atomic E-state index is 0.1000. The maximum atomic E-state index is 12.5. The monoisotopic (exact) mass is 414 g/mol. The molecule has 0 saturated heterocycles. The second kappa shape index (κ2) is 9.16. The first-order chi connectivity index (χ1) is 14.0. The van der Waals surface area contributed by atoms with Gasteiger partial charge in [0, 0.05) is 12.1 Å². The molecule has 0 radical (unpaired) electrons. The molecule has 2 amide bonds. The Morgan fingerprint density at radius 1 is 1.21 bits per heavy atom. The summed E-state index contributed by atoms with van der Waals surface area (Å²) in [4.78, 5) is 26.1. The summed E-state index contributed by atoms with van der Waals surface area (Å²) in [6, 6.07) is 12.2. The van der Waals surface area contributed by atoms with Crippen LogP contribution in [0.4, 0.5) is 5.69 Å². The van der Waals surface area contributed by atoms with Gasteiger partial charge in [-0.15, -0.1) is 5.10 Å². The molecule has 0 unspecified atom stereocenters. The number of nitrogens with one attached hydrogen (secondary N) is 1. The maximum Gasteiger partial charge on any atom is 0.244 e. The number of carbonyl (C=O) groups excluding carboxylic acids is 2. The molecule has 0 bridgehead atoms. The Kier molecular flexibility index (Phi) is 6.40. The maximum absolute atomic E-state index is 12.5. The van der Waals surface area contributed by atoms with Gasteiger partial charge in [-0.2, -0.15) is 0 Å². The third-order valence-corrected chi connectivity index (χ3v) is 4.38. The lowest BCUT2D eigenvalue weighted by molar-refractivity contribution is -0.132. The molecule has 0 spiro atoms. The van der Waals surface area contributed by atoms with Gasteiger partial charge in [0.05, 0.1) is 31.5 Å². The van der Waals surface area contributed by atoms with Gasteiger partial charge in [0.1, 0.15) is 12.1 Å². The summed E-state index contributed by atoms with van der Waals surface area (Å²) in [7, 11) is 3.08. The van der Waals surface area contributed by atoms with Crippen molar-refractivity contribution in [3.63, 3.8) is 0 Å². The highest BCUT2D eigenvalue weighted by Gasteiger charge is 2.15. The molecule has 0 fully saturated rings. The van der Waals surface area contributed by atoms with E-state index in [1.165, 1.54) is 23.0 Å². The minimum atomic E-state index is -0.351. The molecule has 0 aliphatic heterocycles. The average Bonchev–Trinajstić information content (AvgIpc) is 3.23. The molecule has 2 aromatic carbocycles. The number of anilines is 1. The highest BCUT2D eigenvalue weighted by Crippen LogP contribution is 2.27. The fourth-order valence-electron chi connectivity index (χ4n) is 2.63. The van der Waals surface area contributed by atoms with Gasteiger partial charge in [-0.1, -0.05) is 23.7 Å². The lowest BCUT2D eigenvalue weighted by atomic mass is 10.1. The smallest absolute Gasteiger partial charge is 0.244 e. The number of amides is 2. The molecule has 1 heterocycles. The third-order valence-electron chi connectivity index (χ3n) is 4.15. The van der Waals surface area contributed by atoms with Crippen LogP contribution in [0.3, 0.4) is 0 Å². The van der Waals surface area contributed by atoms with E-state index in [4.69, 9.17) is 16.3 Å². The van der Waals surface area contributed by atoms with Crippen LogP contribution < -0.4 is 10.1 Å². The summed E-state index contributed by atoms with van der Waals surface area (Å²) < 4.78 is 6.72. The second-order valence-electron chi connectivity index (χ2n) is 6.24. The number of methoxy groups -OCH3 is 1. The number of hydrogen-bond donors (Lipinski definition) is 1. The summed E-state index contributed by atoms with van der Waals surface area (Å²) in [6.07, 6.45) is 1.65. The van der Waals surface area contributed by atoms with E-state index in [9.17, 15) is 9.59 Å². The normalized spacial score (nSPS) is 10.4. The fourth-order valence-corrected chi connectivity index (χ4v) is 2.80. The molecule has 0 atom stereocenters. The minimum Gasteiger partial charge on any atom is -0.495 e. The highest BCUT2D eigenvalue weighted by atomic mass is 35.5. The molecule has 29 heavy (non-hydrogen) atoms. The van der Waals surface area contributed by atoms with Crippen LogP contribution >= 0.6 is 11.6 Å². The number of rotatable bonds is 7. The lowest BCUT2D eigenvalue weighted by Crippen LogP contribution is -2.35. The van der Waals surface area contributed by atoms with E-state index in [0.717, 1.165) is 11.3 Å². The van der Waals surface area contributed by atoms with Crippen molar-refractivity contribution in [3.8, 4) is 11.4 Å². The van der Waals surface area contributed by atoms with Crippen LogP contribution in [-0.2, 0) is 16.0 Å². The molecule has 150 valence electrons. The summed E-state index contributed by atoms with van der Waals surface area (Å²) in [5, 5.41) is 14.2. The van der Waals surface area contributed by atoms with Gasteiger partial charge in [-0.05, 0) is 46.3 Å². The Balaban J connectivity index is 1.56. The molecular formula is C19H19ClN6O3. The zero-order chi connectivity index (χ0) is 20.8. The van der Waals surface area contributed by atoms with Gasteiger partial charge in [0.25, 0.3) is 0 Å². The summed E-state index contributed by atoms with van der Waals surface area (Å²) in [5.74, 6) is -0.0526. The predicted molar refractivity (Wildman–Crippen MR) is 107 cm³/mol. The van der Waals surface area contributed by atoms with Crippen LogP contribution in [-0.4, -0.2) is 57.6 Å². The van der Waals surface area contributed by atoms with Crippen molar-refractivity contribution >= 4 is 29.1 Å². The van der Waals surface area contributed by atoms with Crippen LogP contribution in [0, 0.1) is 0 Å². The number of likely N-dealkylation sites (N-methyl/N-ethyl adjacent to an activating group) is 1. The lowest BCUT2D eigenvalue weighted by Gasteiger charge is -2.18. The molecule has 1 aromatic heterocycles. The Morgan fingerprint density at radius 2 is 1.97 bits per heavy atom. The van der Waals surface area contributed by atoms with E-state index < -0.39 is 0 Å². The Morgan fingerprint density at radius 3 is 2.62 bits per heavy atom. The zero-order valence-corrected chi connectivity index (χ0v) is 16.6. The molecule has 0 aliphatic carbocycles. The quantitative estimate of drug-likeness (QED) is 0.634. The molecule has 1 N–H and O–H groups in total. The number of tetrazole rings is 1. The van der Waals surface area contributed by atoms with Crippen LogP contribution in [0.15, 0.2) is 48.8 Å². The summed E-state index contributed by atoms with van der Waals surface area (Å²) >= 11 is 5.96.